The molecule has 0 spiro atoms. The van der Waals surface area contributed by atoms with E-state index in [1.54, 1.807) is 6.92 Å². The van der Waals surface area contributed by atoms with E-state index in [-0.39, 0.29) is 12.5 Å². The summed E-state index contributed by atoms with van der Waals surface area (Å²) in [5.74, 6) is -2.53. The molecule has 0 bridgehead atoms. The van der Waals surface area contributed by atoms with E-state index in [0.29, 0.717) is 16.3 Å². The Bertz CT molecular complexity index is 1180. The SMILES string of the molecule is CCCC(CC)c1c(C)c(O)c(C(=O)NCC(=O)O)c(=O)n1Cc1nc2ccccc2s1. The number of carbonyl (C=O) groups is 2. The third-order valence-corrected chi connectivity index (χ3v) is 6.52. The van der Waals surface area contributed by atoms with Crippen LogP contribution in [0.4, 0.5) is 0 Å². The lowest BCUT2D eigenvalue weighted by Gasteiger charge is -2.24. The van der Waals surface area contributed by atoms with E-state index in [1.807, 2.05) is 31.2 Å². The Balaban J connectivity index is 2.19. The molecular weight excluding hydrogens is 430 g/mol. The smallest absolute Gasteiger partial charge is 0.322 e. The number of carbonyl (C=O) groups excluding carboxylic acids is 1. The van der Waals surface area contributed by atoms with Gasteiger partial charge in [-0.15, -0.1) is 11.3 Å². The summed E-state index contributed by atoms with van der Waals surface area (Å²) >= 11 is 1.47. The number of hydrogen-bond acceptors (Lipinski definition) is 6. The fourth-order valence-electron chi connectivity index (χ4n) is 3.99. The van der Waals surface area contributed by atoms with Crippen LogP contribution in [0, 0.1) is 6.92 Å². The van der Waals surface area contributed by atoms with Gasteiger partial charge < -0.3 is 20.1 Å². The maximum atomic E-state index is 13.5. The van der Waals surface area contributed by atoms with Crippen LogP contribution < -0.4 is 10.9 Å². The molecule has 3 N–H and O–H groups in total. The zero-order valence-corrected chi connectivity index (χ0v) is 19.2. The van der Waals surface area contributed by atoms with Crippen LogP contribution in [0.25, 0.3) is 10.2 Å². The standard InChI is InChI=1S/C23H27N3O5S/c1-4-8-14(5-2)20-13(3)21(29)19(22(30)24-11-18(27)28)23(31)26(20)12-17-25-15-9-6-7-10-16(15)32-17/h6-7,9-10,14,29H,4-5,8,11-12H2,1-3H3,(H,24,30)(H,27,28). The minimum absolute atomic E-state index is 0.0177. The van der Waals surface area contributed by atoms with Crippen molar-refractivity contribution in [2.24, 2.45) is 0 Å². The van der Waals surface area contributed by atoms with Crippen molar-refractivity contribution in [3.8, 4) is 5.75 Å². The number of amides is 1. The minimum Gasteiger partial charge on any atom is -0.507 e. The number of nitrogens with zero attached hydrogens (tertiary/aromatic N) is 2. The summed E-state index contributed by atoms with van der Waals surface area (Å²) < 4.78 is 2.51. The Hall–Kier alpha value is -3.20. The minimum atomic E-state index is -1.24. The van der Waals surface area contributed by atoms with Crippen LogP contribution in [0.15, 0.2) is 29.1 Å². The largest absolute Gasteiger partial charge is 0.507 e. The molecule has 0 radical (unpaired) electrons. The second-order valence-corrected chi connectivity index (χ2v) is 8.79. The number of benzene rings is 1. The second kappa shape index (κ2) is 9.95. The van der Waals surface area contributed by atoms with Crippen molar-refractivity contribution in [2.45, 2.75) is 52.5 Å². The van der Waals surface area contributed by atoms with Gasteiger partial charge in [-0.3, -0.25) is 14.4 Å². The normalized spacial score (nSPS) is 12.1. The van der Waals surface area contributed by atoms with E-state index in [0.717, 1.165) is 29.5 Å². The molecule has 1 atom stereocenters. The second-order valence-electron chi connectivity index (χ2n) is 7.67. The van der Waals surface area contributed by atoms with Crippen molar-refractivity contribution >= 4 is 33.4 Å². The molecule has 2 aromatic heterocycles. The molecule has 0 aliphatic heterocycles. The summed E-state index contributed by atoms with van der Waals surface area (Å²) in [5.41, 5.74) is 0.870. The van der Waals surface area contributed by atoms with Gasteiger partial charge in [0.05, 0.1) is 16.8 Å². The molecule has 0 saturated carbocycles. The Labute approximate surface area is 189 Å². The summed E-state index contributed by atoms with van der Waals surface area (Å²) in [7, 11) is 0. The molecule has 2 heterocycles. The zero-order valence-electron chi connectivity index (χ0n) is 18.3. The van der Waals surface area contributed by atoms with Gasteiger partial charge in [0.2, 0.25) is 0 Å². The molecule has 32 heavy (non-hydrogen) atoms. The average molecular weight is 458 g/mol. The number of nitrogens with one attached hydrogen (secondary N) is 1. The van der Waals surface area contributed by atoms with Crippen molar-refractivity contribution in [2.75, 3.05) is 6.54 Å². The van der Waals surface area contributed by atoms with Crippen molar-refractivity contribution < 1.29 is 19.8 Å². The van der Waals surface area contributed by atoms with Gasteiger partial charge in [-0.25, -0.2) is 4.98 Å². The van der Waals surface area contributed by atoms with E-state index in [4.69, 9.17) is 5.11 Å². The topological polar surface area (TPSA) is 122 Å². The number of aromatic hydroxyl groups is 1. The first-order chi connectivity index (χ1) is 15.3. The number of carboxylic acid groups (broad SMARTS) is 1. The first-order valence-corrected chi connectivity index (χ1v) is 11.4. The predicted octanol–water partition coefficient (Wildman–Crippen LogP) is 3.63. The molecule has 0 aliphatic carbocycles. The molecule has 1 amide bonds. The fourth-order valence-corrected chi connectivity index (χ4v) is 4.95. The van der Waals surface area contributed by atoms with Crippen LogP contribution in [0.3, 0.4) is 0 Å². The van der Waals surface area contributed by atoms with Gasteiger partial charge in [0, 0.05) is 11.3 Å². The third kappa shape index (κ3) is 4.67. The quantitative estimate of drug-likeness (QED) is 0.451. The van der Waals surface area contributed by atoms with Crippen molar-refractivity contribution in [1.29, 1.82) is 0 Å². The molecule has 1 unspecified atom stereocenters. The monoisotopic (exact) mass is 457 g/mol. The van der Waals surface area contributed by atoms with Gasteiger partial charge in [-0.05, 0) is 37.8 Å². The highest BCUT2D eigenvalue weighted by molar-refractivity contribution is 7.18. The number of para-hydroxylation sites is 1. The molecular formula is C23H27N3O5S. The summed E-state index contributed by atoms with van der Waals surface area (Å²) in [6.45, 7) is 5.28. The number of aliphatic carboxylic acids is 1. The van der Waals surface area contributed by atoms with Crippen LogP contribution in [0.5, 0.6) is 5.75 Å². The average Bonchev–Trinajstić information content (AvgIpc) is 3.17. The highest BCUT2D eigenvalue weighted by Gasteiger charge is 2.27. The lowest BCUT2D eigenvalue weighted by molar-refractivity contribution is -0.135. The van der Waals surface area contributed by atoms with Crippen molar-refractivity contribution in [1.82, 2.24) is 14.9 Å². The Kier molecular flexibility index (Phi) is 7.29. The number of fused-ring (bicyclic) bond motifs is 1. The number of rotatable bonds is 9. The first kappa shape index (κ1) is 23.5. The lowest BCUT2D eigenvalue weighted by Crippen LogP contribution is -2.37. The number of pyridine rings is 1. The number of aromatic nitrogens is 2. The number of hydrogen-bond donors (Lipinski definition) is 3. The molecule has 170 valence electrons. The zero-order chi connectivity index (χ0) is 23.4. The molecule has 9 heteroatoms. The van der Waals surface area contributed by atoms with E-state index >= 15 is 0 Å². The van der Waals surface area contributed by atoms with E-state index in [9.17, 15) is 19.5 Å². The fraction of sp³-hybridized carbons (Fsp3) is 0.391. The van der Waals surface area contributed by atoms with Gasteiger partial charge in [0.15, 0.2) is 0 Å². The van der Waals surface area contributed by atoms with Gasteiger partial charge in [-0.1, -0.05) is 32.4 Å². The van der Waals surface area contributed by atoms with E-state index in [1.165, 1.54) is 15.9 Å². The van der Waals surface area contributed by atoms with Crippen LogP contribution in [0.1, 0.15) is 65.7 Å². The van der Waals surface area contributed by atoms with Gasteiger partial charge in [0.25, 0.3) is 11.5 Å². The summed E-state index contributed by atoms with van der Waals surface area (Å²) in [6.07, 6.45) is 2.48. The molecule has 3 aromatic rings. The van der Waals surface area contributed by atoms with E-state index < -0.39 is 35.3 Å². The van der Waals surface area contributed by atoms with Gasteiger partial charge in [0.1, 0.15) is 22.9 Å². The van der Waals surface area contributed by atoms with Gasteiger partial charge in [-0.2, -0.15) is 0 Å². The highest BCUT2D eigenvalue weighted by Crippen LogP contribution is 2.33. The summed E-state index contributed by atoms with van der Waals surface area (Å²) in [5, 5.41) is 22.5. The van der Waals surface area contributed by atoms with Crippen LogP contribution in [-0.4, -0.2) is 38.2 Å². The van der Waals surface area contributed by atoms with Crippen LogP contribution in [0.2, 0.25) is 0 Å². The maximum absolute atomic E-state index is 13.5. The van der Waals surface area contributed by atoms with Crippen LogP contribution >= 0.6 is 11.3 Å². The number of carboxylic acids is 1. The Morgan fingerprint density at radius 2 is 1.97 bits per heavy atom. The van der Waals surface area contributed by atoms with E-state index in [2.05, 4.69) is 17.2 Å². The summed E-state index contributed by atoms with van der Waals surface area (Å²) in [4.78, 5) is 41.5. The highest BCUT2D eigenvalue weighted by atomic mass is 32.1. The molecule has 0 fully saturated rings. The van der Waals surface area contributed by atoms with Gasteiger partial charge >= 0.3 is 5.97 Å². The van der Waals surface area contributed by atoms with Crippen LogP contribution in [-0.2, 0) is 11.3 Å². The van der Waals surface area contributed by atoms with Crippen molar-refractivity contribution in [3.05, 3.63) is 56.4 Å². The first-order valence-electron chi connectivity index (χ1n) is 10.6. The summed E-state index contributed by atoms with van der Waals surface area (Å²) in [6, 6.07) is 7.68. The third-order valence-electron chi connectivity index (χ3n) is 5.50. The predicted molar refractivity (Wildman–Crippen MR) is 124 cm³/mol. The molecule has 8 nitrogen and oxygen atoms in total. The molecule has 3 rings (SSSR count). The lowest BCUT2D eigenvalue weighted by atomic mass is 9.91. The van der Waals surface area contributed by atoms with Crippen molar-refractivity contribution in [3.63, 3.8) is 0 Å². The molecule has 0 saturated heterocycles. The maximum Gasteiger partial charge on any atom is 0.322 e. The molecule has 1 aromatic carbocycles. The Morgan fingerprint density at radius 3 is 2.59 bits per heavy atom. The molecule has 0 aliphatic rings. The number of thiazole rings is 1. The Morgan fingerprint density at radius 1 is 1.25 bits per heavy atom.